The predicted molar refractivity (Wildman–Crippen MR) is 96.0 cm³/mol. The normalized spacial score (nSPS) is 17.3. The molecule has 1 aromatic carbocycles. The van der Waals surface area contributed by atoms with Crippen molar-refractivity contribution in [1.82, 2.24) is 14.9 Å². The van der Waals surface area contributed by atoms with E-state index in [1.807, 2.05) is 11.8 Å². The fourth-order valence-corrected chi connectivity index (χ4v) is 3.16. The van der Waals surface area contributed by atoms with E-state index in [1.165, 1.54) is 13.2 Å². The summed E-state index contributed by atoms with van der Waals surface area (Å²) in [5.74, 6) is -0.335. The number of fused-ring (bicyclic) bond motifs is 1. The van der Waals surface area contributed by atoms with Crippen LogP contribution >= 0.6 is 0 Å². The Labute approximate surface area is 155 Å². The van der Waals surface area contributed by atoms with E-state index in [4.69, 9.17) is 4.74 Å². The maximum absolute atomic E-state index is 13.2. The van der Waals surface area contributed by atoms with Crippen molar-refractivity contribution in [3.63, 3.8) is 0 Å². The van der Waals surface area contributed by atoms with E-state index in [1.54, 1.807) is 12.1 Å². The van der Waals surface area contributed by atoms with Gasteiger partial charge in [0.2, 0.25) is 5.82 Å². The summed E-state index contributed by atoms with van der Waals surface area (Å²) in [7, 11) is 1.50. The number of anilines is 1. The number of benzene rings is 1. The number of aromatic nitrogens is 2. The second-order valence-electron chi connectivity index (χ2n) is 6.60. The summed E-state index contributed by atoms with van der Waals surface area (Å²) in [5, 5.41) is 10.3. The van der Waals surface area contributed by atoms with Gasteiger partial charge in [0.25, 0.3) is 0 Å². The summed E-state index contributed by atoms with van der Waals surface area (Å²) in [6, 6.07) is 4.77. The number of hydrogen-bond acceptors (Lipinski definition) is 6. The number of aliphatic hydroxyl groups excluding tert-OH is 1. The van der Waals surface area contributed by atoms with E-state index in [0.717, 1.165) is 0 Å². The lowest BCUT2D eigenvalue weighted by Crippen LogP contribution is -2.49. The summed E-state index contributed by atoms with van der Waals surface area (Å²) >= 11 is 0. The van der Waals surface area contributed by atoms with Gasteiger partial charge >= 0.3 is 6.18 Å². The lowest BCUT2D eigenvalue weighted by atomic mass is 10.2. The molecule has 1 aliphatic heterocycles. The number of aliphatic hydroxyl groups is 1. The van der Waals surface area contributed by atoms with Crippen LogP contribution in [0.2, 0.25) is 0 Å². The molecule has 1 aromatic heterocycles. The van der Waals surface area contributed by atoms with Crippen molar-refractivity contribution in [2.45, 2.75) is 25.6 Å². The van der Waals surface area contributed by atoms with E-state index >= 15 is 0 Å². The van der Waals surface area contributed by atoms with Gasteiger partial charge in [0.05, 0.1) is 18.7 Å². The molecule has 6 nitrogen and oxygen atoms in total. The zero-order valence-corrected chi connectivity index (χ0v) is 15.3. The molecule has 148 valence electrons. The zero-order chi connectivity index (χ0) is 19.6. The van der Waals surface area contributed by atoms with Crippen molar-refractivity contribution >= 4 is 16.7 Å². The minimum Gasteiger partial charge on any atom is -0.497 e. The molecule has 0 spiro atoms. The van der Waals surface area contributed by atoms with Crippen LogP contribution in [0.3, 0.4) is 0 Å². The predicted octanol–water partition coefficient (Wildman–Crippen LogP) is 2.55. The van der Waals surface area contributed by atoms with Gasteiger partial charge in [-0.15, -0.1) is 0 Å². The SMILES string of the molecule is CC[C@H](O)CN1CCN(c2nc(C(F)(F)F)nc3ccc(OC)cc23)CC1. The Hall–Kier alpha value is -2.13. The highest BCUT2D eigenvalue weighted by Gasteiger charge is 2.36. The molecule has 9 heteroatoms. The van der Waals surface area contributed by atoms with Crippen molar-refractivity contribution < 1.29 is 23.0 Å². The van der Waals surface area contributed by atoms with Gasteiger partial charge in [-0.25, -0.2) is 9.97 Å². The Kier molecular flexibility index (Phi) is 5.71. The first-order valence-electron chi connectivity index (χ1n) is 8.90. The number of nitrogens with zero attached hydrogens (tertiary/aromatic N) is 4. The number of rotatable bonds is 5. The van der Waals surface area contributed by atoms with E-state index in [2.05, 4.69) is 14.9 Å². The number of hydrogen-bond donors (Lipinski definition) is 1. The molecule has 1 aliphatic rings. The average molecular weight is 384 g/mol. The summed E-state index contributed by atoms with van der Waals surface area (Å²) in [5.41, 5.74) is 0.233. The van der Waals surface area contributed by atoms with Crippen LogP contribution in [0.25, 0.3) is 10.9 Å². The van der Waals surface area contributed by atoms with Crippen LogP contribution in [0.15, 0.2) is 18.2 Å². The highest BCUT2D eigenvalue weighted by atomic mass is 19.4. The van der Waals surface area contributed by atoms with Gasteiger partial charge in [0.1, 0.15) is 11.6 Å². The van der Waals surface area contributed by atoms with Gasteiger partial charge in [-0.05, 0) is 24.6 Å². The van der Waals surface area contributed by atoms with Gasteiger partial charge in [-0.1, -0.05) is 6.92 Å². The van der Waals surface area contributed by atoms with Crippen LogP contribution in [0, 0.1) is 0 Å². The number of methoxy groups -OCH3 is 1. The van der Waals surface area contributed by atoms with Crippen LogP contribution < -0.4 is 9.64 Å². The number of ether oxygens (including phenoxy) is 1. The highest BCUT2D eigenvalue weighted by Crippen LogP contribution is 2.33. The molecular weight excluding hydrogens is 361 g/mol. The van der Waals surface area contributed by atoms with Gasteiger partial charge < -0.3 is 14.7 Å². The Morgan fingerprint density at radius 2 is 1.89 bits per heavy atom. The average Bonchev–Trinajstić information content (AvgIpc) is 2.66. The third-order valence-electron chi connectivity index (χ3n) is 4.75. The molecule has 1 fully saturated rings. The molecule has 1 saturated heterocycles. The monoisotopic (exact) mass is 384 g/mol. The van der Waals surface area contributed by atoms with Crippen molar-refractivity contribution in [1.29, 1.82) is 0 Å². The highest BCUT2D eigenvalue weighted by molar-refractivity contribution is 5.90. The Morgan fingerprint density at radius 3 is 2.48 bits per heavy atom. The van der Waals surface area contributed by atoms with E-state index in [0.29, 0.717) is 50.3 Å². The van der Waals surface area contributed by atoms with Gasteiger partial charge in [0.15, 0.2) is 0 Å². The second-order valence-corrected chi connectivity index (χ2v) is 6.60. The third-order valence-corrected chi connectivity index (χ3v) is 4.75. The molecule has 0 amide bonds. The van der Waals surface area contributed by atoms with Crippen LogP contribution in [0.1, 0.15) is 19.2 Å². The van der Waals surface area contributed by atoms with Crippen molar-refractivity contribution in [2.24, 2.45) is 0 Å². The van der Waals surface area contributed by atoms with Crippen molar-refractivity contribution in [3.05, 3.63) is 24.0 Å². The zero-order valence-electron chi connectivity index (χ0n) is 15.3. The maximum atomic E-state index is 13.2. The summed E-state index contributed by atoms with van der Waals surface area (Å²) in [6.45, 7) is 4.83. The van der Waals surface area contributed by atoms with Crippen LogP contribution in [0.5, 0.6) is 5.75 Å². The molecular formula is C18H23F3N4O2. The summed E-state index contributed by atoms with van der Waals surface area (Å²) < 4.78 is 44.9. The van der Waals surface area contributed by atoms with Gasteiger partial charge in [-0.2, -0.15) is 13.2 Å². The minimum atomic E-state index is -4.62. The minimum absolute atomic E-state index is 0.233. The fraction of sp³-hybridized carbons (Fsp3) is 0.556. The topological polar surface area (TPSA) is 61.7 Å². The quantitative estimate of drug-likeness (QED) is 0.855. The molecule has 1 N–H and O–H groups in total. The Morgan fingerprint density at radius 1 is 1.19 bits per heavy atom. The molecule has 0 bridgehead atoms. The first kappa shape index (κ1) is 19.6. The van der Waals surface area contributed by atoms with Crippen LogP contribution in [-0.4, -0.2) is 65.9 Å². The Balaban J connectivity index is 1.92. The number of halogens is 3. The molecule has 1 atom stereocenters. The third kappa shape index (κ3) is 4.41. The summed E-state index contributed by atoms with van der Waals surface area (Å²) in [4.78, 5) is 11.5. The molecule has 0 unspecified atom stereocenters. The largest absolute Gasteiger partial charge is 0.497 e. The molecule has 2 aromatic rings. The molecule has 0 radical (unpaired) electrons. The number of alkyl halides is 3. The van der Waals surface area contributed by atoms with Crippen molar-refractivity contribution in [3.8, 4) is 5.75 Å². The smallest absolute Gasteiger partial charge is 0.451 e. The second kappa shape index (κ2) is 7.85. The number of piperazine rings is 1. The van der Waals surface area contributed by atoms with Gasteiger partial charge in [0, 0.05) is 38.1 Å². The standard InChI is InChI=1S/C18H23F3N4O2/c1-3-12(26)11-24-6-8-25(9-7-24)16-14-10-13(27-2)4-5-15(14)22-17(23-16)18(19,20)21/h4-5,10,12,26H,3,6-9,11H2,1-2H3/t12-/m0/s1. The maximum Gasteiger partial charge on any atom is 0.451 e. The molecule has 27 heavy (non-hydrogen) atoms. The summed E-state index contributed by atoms with van der Waals surface area (Å²) in [6.07, 6.45) is -4.33. The van der Waals surface area contributed by atoms with Crippen LogP contribution in [-0.2, 0) is 6.18 Å². The molecule has 2 heterocycles. The van der Waals surface area contributed by atoms with Crippen LogP contribution in [0.4, 0.5) is 19.0 Å². The van der Waals surface area contributed by atoms with Gasteiger partial charge in [-0.3, -0.25) is 4.90 Å². The Bertz CT molecular complexity index is 792. The first-order chi connectivity index (χ1) is 12.8. The molecule has 0 aliphatic carbocycles. The van der Waals surface area contributed by atoms with E-state index < -0.39 is 18.1 Å². The molecule has 0 saturated carbocycles. The molecule has 3 rings (SSSR count). The van der Waals surface area contributed by atoms with E-state index in [9.17, 15) is 18.3 Å². The number of β-amino-alcohol motifs (C(OH)–C–C–N with tert-alkyl or cyclic N) is 1. The first-order valence-corrected chi connectivity index (χ1v) is 8.90. The van der Waals surface area contributed by atoms with Crippen molar-refractivity contribution in [2.75, 3.05) is 44.7 Å². The lowest BCUT2D eigenvalue weighted by Gasteiger charge is -2.36. The lowest BCUT2D eigenvalue weighted by molar-refractivity contribution is -0.144. The van der Waals surface area contributed by atoms with E-state index in [-0.39, 0.29) is 11.3 Å². The fourth-order valence-electron chi connectivity index (χ4n) is 3.16.